The molecule has 1 atom stereocenters. The normalized spacial score (nSPS) is 18.0. The Labute approximate surface area is 122 Å². The Bertz CT molecular complexity index is 613. The first kappa shape index (κ1) is 13.8. The van der Waals surface area contributed by atoms with Gasteiger partial charge < -0.3 is 19.1 Å². The lowest BCUT2D eigenvalue weighted by Gasteiger charge is -2.04. The van der Waals surface area contributed by atoms with E-state index in [1.807, 2.05) is 19.3 Å². The maximum absolute atomic E-state index is 11.9. The van der Waals surface area contributed by atoms with Crippen LogP contribution in [-0.4, -0.2) is 33.8 Å². The van der Waals surface area contributed by atoms with Crippen LogP contribution in [-0.2, 0) is 18.2 Å². The molecule has 0 radical (unpaired) electrons. The van der Waals surface area contributed by atoms with E-state index in [0.717, 1.165) is 19.4 Å². The molecule has 1 aliphatic rings. The molecule has 1 aliphatic heterocycles. The molecule has 1 amide bonds. The van der Waals surface area contributed by atoms with Crippen molar-refractivity contribution in [1.29, 1.82) is 0 Å². The van der Waals surface area contributed by atoms with Gasteiger partial charge in [-0.3, -0.25) is 4.79 Å². The molecule has 3 heterocycles. The number of aromatic nitrogens is 3. The van der Waals surface area contributed by atoms with Crippen molar-refractivity contribution >= 4 is 5.91 Å². The summed E-state index contributed by atoms with van der Waals surface area (Å²) in [5.74, 6) is 1.02. The Morgan fingerprint density at radius 2 is 2.48 bits per heavy atom. The minimum absolute atomic E-state index is 0.0655. The van der Waals surface area contributed by atoms with Gasteiger partial charge >= 0.3 is 0 Å². The number of nitrogens with zero attached hydrogens (tertiary/aromatic N) is 3. The average molecular weight is 290 g/mol. The monoisotopic (exact) mass is 290 g/mol. The van der Waals surface area contributed by atoms with Crippen molar-refractivity contribution < 1.29 is 14.1 Å². The molecule has 0 bridgehead atoms. The number of ether oxygens (including phenoxy) is 1. The van der Waals surface area contributed by atoms with Crippen molar-refractivity contribution in [2.45, 2.75) is 25.4 Å². The Balaban J connectivity index is 1.49. The second kappa shape index (κ2) is 6.09. The van der Waals surface area contributed by atoms with Gasteiger partial charge in [0, 0.05) is 32.8 Å². The molecule has 1 saturated heterocycles. The van der Waals surface area contributed by atoms with Crippen molar-refractivity contribution in [3.8, 4) is 0 Å². The smallest absolute Gasteiger partial charge is 0.267 e. The zero-order valence-electron chi connectivity index (χ0n) is 11.9. The van der Waals surface area contributed by atoms with Gasteiger partial charge in [0.25, 0.3) is 11.8 Å². The second-order valence-electron chi connectivity index (χ2n) is 5.06. The number of nitrogens with one attached hydrogen (secondary N) is 1. The van der Waals surface area contributed by atoms with Crippen LogP contribution in [0.1, 0.15) is 41.1 Å². The highest BCUT2D eigenvalue weighted by Crippen LogP contribution is 2.26. The van der Waals surface area contributed by atoms with Gasteiger partial charge in [-0.1, -0.05) is 5.16 Å². The second-order valence-corrected chi connectivity index (χ2v) is 5.06. The van der Waals surface area contributed by atoms with Crippen LogP contribution in [0.15, 0.2) is 22.9 Å². The standard InChI is InChI=1S/C14H18N4O3/c1-18-8-2-4-10(18)13(19)15-7-6-12-16-14(21-17-12)11-5-3-9-20-11/h2,4,8,11H,3,5-7,9H2,1H3,(H,15,19)/t11-/m0/s1. The third-order valence-electron chi connectivity index (χ3n) is 3.50. The van der Waals surface area contributed by atoms with Gasteiger partial charge in [0.1, 0.15) is 11.8 Å². The molecule has 3 rings (SSSR count). The van der Waals surface area contributed by atoms with Gasteiger partial charge in [-0.15, -0.1) is 0 Å². The highest BCUT2D eigenvalue weighted by molar-refractivity contribution is 5.92. The number of aryl methyl sites for hydroxylation is 1. The van der Waals surface area contributed by atoms with Crippen LogP contribution < -0.4 is 5.32 Å². The third-order valence-corrected chi connectivity index (χ3v) is 3.50. The fourth-order valence-corrected chi connectivity index (χ4v) is 2.35. The lowest BCUT2D eigenvalue weighted by atomic mass is 10.2. The molecular formula is C14H18N4O3. The van der Waals surface area contributed by atoms with E-state index in [1.54, 1.807) is 10.6 Å². The van der Waals surface area contributed by atoms with Crippen LogP contribution in [0.25, 0.3) is 0 Å². The minimum atomic E-state index is -0.106. The highest BCUT2D eigenvalue weighted by Gasteiger charge is 2.23. The molecule has 1 N–H and O–H groups in total. The Kier molecular flexibility index (Phi) is 4.01. The Morgan fingerprint density at radius 1 is 1.57 bits per heavy atom. The number of hydrogen-bond acceptors (Lipinski definition) is 5. The van der Waals surface area contributed by atoms with E-state index in [0.29, 0.717) is 30.4 Å². The van der Waals surface area contributed by atoms with Gasteiger partial charge in [-0.05, 0) is 25.0 Å². The van der Waals surface area contributed by atoms with E-state index in [1.165, 1.54) is 0 Å². The van der Waals surface area contributed by atoms with Crippen molar-refractivity contribution in [3.05, 3.63) is 35.7 Å². The summed E-state index contributed by atoms with van der Waals surface area (Å²) in [5.41, 5.74) is 0.628. The summed E-state index contributed by atoms with van der Waals surface area (Å²) in [6, 6.07) is 3.61. The van der Waals surface area contributed by atoms with Crippen LogP contribution in [0.3, 0.4) is 0 Å². The highest BCUT2D eigenvalue weighted by atomic mass is 16.5. The molecule has 7 nitrogen and oxygen atoms in total. The van der Waals surface area contributed by atoms with Crippen LogP contribution in [0.5, 0.6) is 0 Å². The predicted octanol–water partition coefficient (Wildman–Crippen LogP) is 1.23. The number of rotatable bonds is 5. The molecular weight excluding hydrogens is 272 g/mol. The Morgan fingerprint density at radius 3 is 3.19 bits per heavy atom. The number of carbonyl (C=O) groups excluding carboxylic acids is 1. The van der Waals surface area contributed by atoms with Gasteiger partial charge in [0.2, 0.25) is 0 Å². The summed E-state index contributed by atoms with van der Waals surface area (Å²) in [4.78, 5) is 16.2. The minimum Gasteiger partial charge on any atom is -0.368 e. The molecule has 0 aliphatic carbocycles. The van der Waals surface area contributed by atoms with Gasteiger partial charge in [-0.25, -0.2) is 0 Å². The first-order valence-corrected chi connectivity index (χ1v) is 7.07. The lowest BCUT2D eigenvalue weighted by Crippen LogP contribution is -2.27. The molecule has 21 heavy (non-hydrogen) atoms. The van der Waals surface area contributed by atoms with Crippen molar-refractivity contribution in [2.24, 2.45) is 7.05 Å². The average Bonchev–Trinajstić information content (AvgIpc) is 3.19. The first-order valence-electron chi connectivity index (χ1n) is 7.07. The van der Waals surface area contributed by atoms with E-state index in [9.17, 15) is 4.79 Å². The molecule has 2 aromatic rings. The van der Waals surface area contributed by atoms with E-state index in [-0.39, 0.29) is 12.0 Å². The summed E-state index contributed by atoms with van der Waals surface area (Å²) < 4.78 is 12.5. The Hall–Kier alpha value is -2.15. The van der Waals surface area contributed by atoms with Crippen molar-refractivity contribution in [3.63, 3.8) is 0 Å². The summed E-state index contributed by atoms with van der Waals surface area (Å²) in [7, 11) is 1.84. The molecule has 0 saturated carbocycles. The molecule has 112 valence electrons. The maximum Gasteiger partial charge on any atom is 0.267 e. The van der Waals surface area contributed by atoms with Gasteiger partial charge in [0.15, 0.2) is 5.82 Å². The van der Waals surface area contributed by atoms with E-state index < -0.39 is 0 Å². The predicted molar refractivity (Wildman–Crippen MR) is 73.7 cm³/mol. The van der Waals surface area contributed by atoms with Crippen LogP contribution >= 0.6 is 0 Å². The quantitative estimate of drug-likeness (QED) is 0.895. The van der Waals surface area contributed by atoms with Crippen LogP contribution in [0.2, 0.25) is 0 Å². The molecule has 2 aromatic heterocycles. The first-order chi connectivity index (χ1) is 10.2. The molecule has 0 aromatic carbocycles. The topological polar surface area (TPSA) is 82.2 Å². The van der Waals surface area contributed by atoms with Gasteiger partial charge in [0.05, 0.1) is 0 Å². The number of amides is 1. The summed E-state index contributed by atoms with van der Waals surface area (Å²) in [5, 5.41) is 6.76. The summed E-state index contributed by atoms with van der Waals surface area (Å²) in [6.45, 7) is 1.21. The lowest BCUT2D eigenvalue weighted by molar-refractivity contribution is 0.0835. The molecule has 7 heteroatoms. The molecule has 0 unspecified atom stereocenters. The summed E-state index contributed by atoms with van der Waals surface area (Å²) >= 11 is 0. The maximum atomic E-state index is 11.9. The molecule has 1 fully saturated rings. The van der Waals surface area contributed by atoms with Crippen LogP contribution in [0.4, 0.5) is 0 Å². The van der Waals surface area contributed by atoms with E-state index in [4.69, 9.17) is 9.26 Å². The molecule has 0 spiro atoms. The number of hydrogen-bond donors (Lipinski definition) is 1. The summed E-state index contributed by atoms with van der Waals surface area (Å²) in [6.07, 6.45) is 4.25. The zero-order valence-corrected chi connectivity index (χ0v) is 11.9. The fraction of sp³-hybridized carbons (Fsp3) is 0.500. The SMILES string of the molecule is Cn1cccc1C(=O)NCCc1noc([C@@H]2CCCO2)n1. The van der Waals surface area contributed by atoms with E-state index >= 15 is 0 Å². The zero-order chi connectivity index (χ0) is 14.7. The van der Waals surface area contributed by atoms with Gasteiger partial charge in [-0.2, -0.15) is 4.98 Å². The fourth-order valence-electron chi connectivity index (χ4n) is 2.35. The van der Waals surface area contributed by atoms with Crippen molar-refractivity contribution in [2.75, 3.05) is 13.2 Å². The van der Waals surface area contributed by atoms with Crippen molar-refractivity contribution in [1.82, 2.24) is 20.0 Å². The largest absolute Gasteiger partial charge is 0.368 e. The van der Waals surface area contributed by atoms with E-state index in [2.05, 4.69) is 15.5 Å². The number of carbonyl (C=O) groups is 1. The third kappa shape index (κ3) is 3.13. The van der Waals surface area contributed by atoms with Crippen LogP contribution in [0, 0.1) is 0 Å².